The van der Waals surface area contributed by atoms with E-state index in [0.717, 1.165) is 10.0 Å². The van der Waals surface area contributed by atoms with Gasteiger partial charge in [0, 0.05) is 22.6 Å². The van der Waals surface area contributed by atoms with E-state index in [2.05, 4.69) is 20.9 Å². The Bertz CT molecular complexity index is 785. The fourth-order valence-electron chi connectivity index (χ4n) is 2.16. The van der Waals surface area contributed by atoms with E-state index >= 15 is 0 Å². The van der Waals surface area contributed by atoms with Gasteiger partial charge in [0.2, 0.25) is 5.88 Å². The third kappa shape index (κ3) is 1.87. The minimum atomic E-state index is 0.0669. The molecule has 100 valence electrons. The van der Waals surface area contributed by atoms with Crippen molar-refractivity contribution in [3.63, 3.8) is 0 Å². The maximum absolute atomic E-state index is 9.06. The number of nitrogens with two attached hydrogens (primary N) is 2. The van der Waals surface area contributed by atoms with Crippen molar-refractivity contribution in [1.82, 2.24) is 4.98 Å². The molecular formula is C13H8BrClN4O. The summed E-state index contributed by atoms with van der Waals surface area (Å²) in [5.74, 6) is 1.03. The Balaban J connectivity index is 2.21. The minimum absolute atomic E-state index is 0.0669. The second-order valence-electron chi connectivity index (χ2n) is 4.34. The molecule has 5 nitrogen and oxygen atoms in total. The lowest BCUT2D eigenvalue weighted by molar-refractivity contribution is 0.439. The molecule has 0 saturated carbocycles. The zero-order chi connectivity index (χ0) is 14.4. The molecule has 2 heterocycles. The molecular weight excluding hydrogens is 344 g/mol. The molecule has 0 fully saturated rings. The van der Waals surface area contributed by atoms with Crippen LogP contribution >= 0.6 is 27.5 Å². The van der Waals surface area contributed by atoms with Gasteiger partial charge in [-0.1, -0.05) is 11.6 Å². The molecule has 7 heteroatoms. The number of aromatic nitrogens is 1. The third-order valence-electron chi connectivity index (χ3n) is 3.09. The molecule has 0 aliphatic carbocycles. The van der Waals surface area contributed by atoms with E-state index in [-0.39, 0.29) is 11.4 Å². The number of benzene rings is 1. The van der Waals surface area contributed by atoms with E-state index in [1.165, 1.54) is 0 Å². The van der Waals surface area contributed by atoms with E-state index in [1.54, 1.807) is 12.1 Å². The normalized spacial score (nSPS) is 12.1. The summed E-state index contributed by atoms with van der Waals surface area (Å²) in [6.07, 6.45) is 0.484. The molecule has 0 atom stereocenters. The second kappa shape index (κ2) is 4.54. The Morgan fingerprint density at radius 2 is 2.15 bits per heavy atom. The van der Waals surface area contributed by atoms with Gasteiger partial charge in [-0.3, -0.25) is 0 Å². The first-order chi connectivity index (χ1) is 9.51. The zero-order valence-corrected chi connectivity index (χ0v) is 12.4. The average Bonchev–Trinajstić information content (AvgIpc) is 2.38. The van der Waals surface area contributed by atoms with Crippen LogP contribution in [0.2, 0.25) is 5.02 Å². The third-order valence-corrected chi connectivity index (χ3v) is 3.90. The molecule has 3 rings (SSSR count). The Morgan fingerprint density at radius 3 is 2.85 bits per heavy atom. The Kier molecular flexibility index (Phi) is 2.96. The first-order valence-corrected chi connectivity index (χ1v) is 6.82. The maximum Gasteiger partial charge on any atom is 0.226 e. The van der Waals surface area contributed by atoms with Gasteiger partial charge in [-0.25, -0.2) is 0 Å². The van der Waals surface area contributed by atoms with Crippen LogP contribution in [0.3, 0.4) is 0 Å². The van der Waals surface area contributed by atoms with Gasteiger partial charge in [-0.2, -0.15) is 10.2 Å². The summed E-state index contributed by atoms with van der Waals surface area (Å²) >= 11 is 9.43. The van der Waals surface area contributed by atoms with Crippen molar-refractivity contribution in [2.75, 3.05) is 11.5 Å². The highest BCUT2D eigenvalue weighted by Gasteiger charge is 2.26. The lowest BCUT2D eigenvalue weighted by atomic mass is 9.99. The van der Waals surface area contributed by atoms with Crippen LogP contribution < -0.4 is 16.2 Å². The van der Waals surface area contributed by atoms with Crippen LogP contribution in [-0.4, -0.2) is 4.98 Å². The van der Waals surface area contributed by atoms with Crippen LogP contribution in [0.25, 0.3) is 0 Å². The van der Waals surface area contributed by atoms with E-state index < -0.39 is 0 Å². The Labute approximate surface area is 128 Å². The molecule has 0 amide bonds. The van der Waals surface area contributed by atoms with Crippen molar-refractivity contribution in [2.45, 2.75) is 6.42 Å². The topological polar surface area (TPSA) is 98.0 Å². The van der Waals surface area contributed by atoms with Crippen LogP contribution in [0.15, 0.2) is 16.6 Å². The van der Waals surface area contributed by atoms with Gasteiger partial charge in [0.05, 0.1) is 10.2 Å². The van der Waals surface area contributed by atoms with Gasteiger partial charge in [-0.15, -0.1) is 0 Å². The number of rotatable bonds is 0. The molecule has 0 radical (unpaired) electrons. The number of pyridine rings is 1. The number of fused-ring (bicyclic) bond motifs is 2. The van der Waals surface area contributed by atoms with Crippen molar-refractivity contribution in [3.05, 3.63) is 38.3 Å². The van der Waals surface area contributed by atoms with Gasteiger partial charge < -0.3 is 16.2 Å². The summed E-state index contributed by atoms with van der Waals surface area (Å²) in [4.78, 5) is 4.11. The number of ether oxygens (including phenoxy) is 1. The molecule has 0 bridgehead atoms. The first kappa shape index (κ1) is 13.0. The molecule has 20 heavy (non-hydrogen) atoms. The number of nitriles is 1. The van der Waals surface area contributed by atoms with Crippen molar-refractivity contribution in [1.29, 1.82) is 5.26 Å². The lowest BCUT2D eigenvalue weighted by Crippen LogP contribution is -2.12. The Morgan fingerprint density at radius 1 is 1.40 bits per heavy atom. The SMILES string of the molecule is N#Cc1c(N)nc2c(c1N)Cc1cc(Cl)cc(Br)c1O2. The predicted octanol–water partition coefficient (Wildman–Crippen LogP) is 3.23. The van der Waals surface area contributed by atoms with Gasteiger partial charge in [-0.05, 0) is 28.1 Å². The average molecular weight is 352 g/mol. The molecule has 1 aliphatic rings. The molecule has 4 N–H and O–H groups in total. The molecule has 1 aromatic heterocycles. The summed E-state index contributed by atoms with van der Waals surface area (Å²) in [6.45, 7) is 0. The van der Waals surface area contributed by atoms with Crippen LogP contribution in [0, 0.1) is 11.3 Å². The smallest absolute Gasteiger partial charge is 0.226 e. The molecule has 2 aromatic rings. The number of nitrogens with zero attached hydrogens (tertiary/aromatic N) is 2. The quantitative estimate of drug-likeness (QED) is 0.648. The molecule has 0 saturated heterocycles. The monoisotopic (exact) mass is 350 g/mol. The van der Waals surface area contributed by atoms with Crippen molar-refractivity contribution >= 4 is 39.0 Å². The summed E-state index contributed by atoms with van der Waals surface area (Å²) in [6, 6.07) is 5.49. The molecule has 0 unspecified atom stereocenters. The summed E-state index contributed by atoms with van der Waals surface area (Å²) in [5.41, 5.74) is 13.7. The van der Waals surface area contributed by atoms with Gasteiger partial charge in [0.25, 0.3) is 0 Å². The van der Waals surface area contributed by atoms with Crippen LogP contribution in [0.1, 0.15) is 16.7 Å². The fourth-order valence-corrected chi connectivity index (χ4v) is 3.11. The highest BCUT2D eigenvalue weighted by molar-refractivity contribution is 9.10. The number of hydrogen-bond donors (Lipinski definition) is 2. The summed E-state index contributed by atoms with van der Waals surface area (Å²) in [5, 5.41) is 9.65. The number of nitrogen functional groups attached to an aromatic ring is 2. The van der Waals surface area contributed by atoms with Crippen LogP contribution in [0.4, 0.5) is 11.5 Å². The fraction of sp³-hybridized carbons (Fsp3) is 0.0769. The summed E-state index contributed by atoms with van der Waals surface area (Å²) < 4.78 is 6.47. The lowest BCUT2D eigenvalue weighted by Gasteiger charge is -2.22. The minimum Gasteiger partial charge on any atom is -0.437 e. The predicted molar refractivity (Wildman–Crippen MR) is 79.8 cm³/mol. The number of anilines is 2. The van der Waals surface area contributed by atoms with Crippen LogP contribution in [-0.2, 0) is 6.42 Å². The largest absolute Gasteiger partial charge is 0.437 e. The van der Waals surface area contributed by atoms with Crippen molar-refractivity contribution < 1.29 is 4.74 Å². The first-order valence-electron chi connectivity index (χ1n) is 5.65. The van der Waals surface area contributed by atoms with Crippen LogP contribution in [0.5, 0.6) is 11.6 Å². The standard InChI is InChI=1S/C13H8BrClN4O/c14-9-3-6(15)1-5-2-7-10(17)8(4-16)12(18)19-13(7)20-11(5)9/h1,3H,2H2,(H4,17,18,19). The van der Waals surface area contributed by atoms with E-state index in [0.29, 0.717) is 34.3 Å². The molecule has 1 aliphatic heterocycles. The van der Waals surface area contributed by atoms with Gasteiger partial charge >= 0.3 is 0 Å². The van der Waals surface area contributed by atoms with Crippen molar-refractivity contribution in [2.24, 2.45) is 0 Å². The summed E-state index contributed by atoms with van der Waals surface area (Å²) in [7, 11) is 0. The van der Waals surface area contributed by atoms with E-state index in [4.69, 9.17) is 33.1 Å². The number of halogens is 2. The maximum atomic E-state index is 9.06. The zero-order valence-electron chi connectivity index (χ0n) is 10.1. The van der Waals surface area contributed by atoms with E-state index in [1.807, 2.05) is 6.07 Å². The van der Waals surface area contributed by atoms with Gasteiger partial charge in [0.15, 0.2) is 0 Å². The van der Waals surface area contributed by atoms with Gasteiger partial charge in [0.1, 0.15) is 23.2 Å². The number of hydrogen-bond acceptors (Lipinski definition) is 5. The molecule has 0 spiro atoms. The van der Waals surface area contributed by atoms with Crippen molar-refractivity contribution in [3.8, 4) is 17.7 Å². The van der Waals surface area contributed by atoms with E-state index in [9.17, 15) is 0 Å². The Hall–Kier alpha value is -1.97. The highest BCUT2D eigenvalue weighted by atomic mass is 79.9. The molecule has 1 aromatic carbocycles. The second-order valence-corrected chi connectivity index (χ2v) is 5.63. The highest BCUT2D eigenvalue weighted by Crippen LogP contribution is 2.44.